The Labute approximate surface area is 274 Å². The van der Waals surface area contributed by atoms with Gasteiger partial charge in [-0.15, -0.1) is 0 Å². The van der Waals surface area contributed by atoms with Crippen molar-refractivity contribution in [2.75, 3.05) is 4.90 Å². The summed E-state index contributed by atoms with van der Waals surface area (Å²) in [6.45, 7) is 0.944. The highest BCUT2D eigenvalue weighted by molar-refractivity contribution is 5.93. The fourth-order valence-corrected chi connectivity index (χ4v) is 9.30. The first-order valence-corrected chi connectivity index (χ1v) is 16.6. The molecule has 5 aromatic carbocycles. The van der Waals surface area contributed by atoms with Crippen molar-refractivity contribution in [2.24, 2.45) is 0 Å². The van der Waals surface area contributed by atoms with Gasteiger partial charge in [0.25, 0.3) is 0 Å². The zero-order valence-corrected chi connectivity index (χ0v) is 25.8. The molecule has 0 radical (unpaired) electrons. The van der Waals surface area contributed by atoms with Gasteiger partial charge in [-0.3, -0.25) is 0 Å². The Morgan fingerprint density at radius 3 is 1.87 bits per heavy atom. The average Bonchev–Trinajstić information content (AvgIpc) is 3.82. The maximum absolute atomic E-state index is 2.62. The molecule has 3 heteroatoms. The van der Waals surface area contributed by atoms with E-state index in [1.807, 2.05) is 0 Å². The first-order chi connectivity index (χ1) is 23.3. The van der Waals surface area contributed by atoms with E-state index in [4.69, 9.17) is 0 Å². The lowest BCUT2D eigenvalue weighted by atomic mass is 9.81. The fourth-order valence-electron chi connectivity index (χ4n) is 9.30. The predicted octanol–water partition coefficient (Wildman–Crippen LogP) is 9.32. The molecular formula is C44H31N3+2. The maximum atomic E-state index is 2.62. The number of aromatic nitrogens is 2. The third-order valence-corrected chi connectivity index (χ3v) is 11.2. The van der Waals surface area contributed by atoms with Crippen LogP contribution in [0.4, 0.5) is 17.1 Å². The molecule has 1 fully saturated rings. The summed E-state index contributed by atoms with van der Waals surface area (Å²) in [7, 11) is 0. The van der Waals surface area contributed by atoms with E-state index in [2.05, 4.69) is 178 Å². The molecule has 3 unspecified atom stereocenters. The summed E-state index contributed by atoms with van der Waals surface area (Å²) in [5.41, 5.74) is 17.0. The molecule has 5 heterocycles. The van der Waals surface area contributed by atoms with Gasteiger partial charge in [0.05, 0.1) is 28.4 Å². The van der Waals surface area contributed by atoms with Crippen molar-refractivity contribution in [2.45, 2.75) is 23.9 Å². The molecule has 3 atom stereocenters. The lowest BCUT2D eigenvalue weighted by Crippen LogP contribution is -2.49. The van der Waals surface area contributed by atoms with Crippen molar-refractivity contribution in [3.8, 4) is 44.8 Å². The van der Waals surface area contributed by atoms with Crippen LogP contribution in [0.25, 0.3) is 44.8 Å². The Hall–Kier alpha value is -5.80. The molecule has 1 aliphatic carbocycles. The Kier molecular flexibility index (Phi) is 4.94. The van der Waals surface area contributed by atoms with Gasteiger partial charge in [0.1, 0.15) is 5.41 Å². The Balaban J connectivity index is 1.21. The van der Waals surface area contributed by atoms with E-state index in [9.17, 15) is 0 Å². The second-order valence-electron chi connectivity index (χ2n) is 13.4. The zero-order chi connectivity index (χ0) is 30.7. The van der Waals surface area contributed by atoms with Crippen molar-refractivity contribution >= 4 is 17.1 Å². The summed E-state index contributed by atoms with van der Waals surface area (Å²) in [5.74, 6) is 0.372. The molecule has 3 aliphatic heterocycles. The number of rotatable bonds is 3. The van der Waals surface area contributed by atoms with Crippen LogP contribution in [0.15, 0.2) is 164 Å². The van der Waals surface area contributed by atoms with Crippen LogP contribution >= 0.6 is 0 Å². The molecule has 0 N–H and O–H groups in total. The molecule has 220 valence electrons. The minimum atomic E-state index is -0.0730. The Bertz CT molecular complexity index is 2400. The van der Waals surface area contributed by atoms with Gasteiger partial charge in [-0.2, -0.15) is 9.13 Å². The lowest BCUT2D eigenvalue weighted by molar-refractivity contribution is -0.720. The molecule has 4 aliphatic rings. The summed E-state index contributed by atoms with van der Waals surface area (Å²) in [6.07, 6.45) is 4.71. The van der Waals surface area contributed by atoms with E-state index in [1.165, 1.54) is 73.0 Å². The standard InChI is InChI=1S/C44H31N3/c1-4-12-29(13-5-1)31-22-24-45-28-44-41-35(38(45)26-31)19-11-21-37(41)47(33-16-8-3-9-17-33)36-20-10-18-34-39-27-32(30-14-6-2-7-15-30)23-25-46(39)43(44)42(44)40(34)36/h1-27,42-43H,28H2/q+2. The molecule has 0 bridgehead atoms. The quantitative estimate of drug-likeness (QED) is 0.184. The predicted molar refractivity (Wildman–Crippen MR) is 187 cm³/mol. The SMILES string of the molecule is c1ccc(-c2cc[n+]3c(c2)-c2cccc4c2C2(C3)C3c5c(cccc5N4c4ccccc4)-c4cc(-c5ccccc5)cc[n+]4C32)cc1. The van der Waals surface area contributed by atoms with Crippen molar-refractivity contribution in [3.63, 3.8) is 0 Å². The molecule has 0 saturated heterocycles. The third-order valence-electron chi connectivity index (χ3n) is 11.2. The van der Waals surface area contributed by atoms with Gasteiger partial charge in [0.2, 0.25) is 11.4 Å². The molecule has 7 aromatic rings. The Morgan fingerprint density at radius 1 is 0.532 bits per heavy atom. The number of para-hydroxylation sites is 1. The van der Waals surface area contributed by atoms with E-state index in [0.717, 1.165) is 6.54 Å². The minimum Gasteiger partial charge on any atom is -0.310 e. The summed E-state index contributed by atoms with van der Waals surface area (Å²) < 4.78 is 5.15. The second-order valence-corrected chi connectivity index (χ2v) is 13.4. The molecule has 1 saturated carbocycles. The van der Waals surface area contributed by atoms with E-state index in [-0.39, 0.29) is 5.41 Å². The smallest absolute Gasteiger partial charge is 0.213 e. The molecule has 3 nitrogen and oxygen atoms in total. The van der Waals surface area contributed by atoms with Crippen LogP contribution in [-0.2, 0) is 12.0 Å². The topological polar surface area (TPSA) is 11.0 Å². The van der Waals surface area contributed by atoms with Gasteiger partial charge >= 0.3 is 0 Å². The van der Waals surface area contributed by atoms with Crippen LogP contribution in [0.1, 0.15) is 23.1 Å². The normalized spacial score (nSPS) is 20.3. The summed E-state index contributed by atoms with van der Waals surface area (Å²) in [5, 5.41) is 0. The van der Waals surface area contributed by atoms with Gasteiger partial charge in [0, 0.05) is 41.1 Å². The van der Waals surface area contributed by atoms with E-state index < -0.39 is 0 Å². The maximum Gasteiger partial charge on any atom is 0.213 e. The molecule has 0 amide bonds. The van der Waals surface area contributed by atoms with Crippen molar-refractivity contribution in [1.29, 1.82) is 0 Å². The average molecular weight is 602 g/mol. The van der Waals surface area contributed by atoms with Gasteiger partial charge < -0.3 is 4.90 Å². The highest BCUT2D eigenvalue weighted by atomic mass is 15.2. The van der Waals surface area contributed by atoms with Gasteiger partial charge in [-0.05, 0) is 58.7 Å². The first-order valence-electron chi connectivity index (χ1n) is 16.6. The summed E-state index contributed by atoms with van der Waals surface area (Å²) in [4.78, 5) is 2.55. The summed E-state index contributed by atoms with van der Waals surface area (Å²) in [6, 6.07) is 56.3. The molecule has 11 rings (SSSR count). The minimum absolute atomic E-state index is 0.0730. The van der Waals surface area contributed by atoms with Crippen LogP contribution in [-0.4, -0.2) is 0 Å². The van der Waals surface area contributed by atoms with Crippen LogP contribution < -0.4 is 14.0 Å². The first kappa shape index (κ1) is 25.4. The number of fused-ring (bicyclic) bond motifs is 5. The van der Waals surface area contributed by atoms with Crippen LogP contribution in [0.2, 0.25) is 0 Å². The van der Waals surface area contributed by atoms with Gasteiger partial charge in [-0.1, -0.05) is 91.0 Å². The highest BCUT2D eigenvalue weighted by Gasteiger charge is 2.81. The fraction of sp³-hybridized carbons (Fsp3) is 0.0909. The monoisotopic (exact) mass is 601 g/mol. The largest absolute Gasteiger partial charge is 0.310 e. The number of anilines is 3. The highest BCUT2D eigenvalue weighted by Crippen LogP contribution is 2.76. The van der Waals surface area contributed by atoms with E-state index in [1.54, 1.807) is 0 Å². The molecule has 2 aromatic heterocycles. The van der Waals surface area contributed by atoms with Gasteiger partial charge in [0.15, 0.2) is 25.0 Å². The number of pyridine rings is 2. The number of benzene rings is 5. The third kappa shape index (κ3) is 3.31. The van der Waals surface area contributed by atoms with Crippen molar-refractivity contribution < 1.29 is 9.13 Å². The van der Waals surface area contributed by atoms with Crippen LogP contribution in [0.5, 0.6) is 0 Å². The number of hydrogen-bond acceptors (Lipinski definition) is 1. The molecule has 47 heavy (non-hydrogen) atoms. The van der Waals surface area contributed by atoms with Crippen molar-refractivity contribution in [1.82, 2.24) is 0 Å². The number of nitrogens with zero attached hydrogens (tertiary/aromatic N) is 3. The van der Waals surface area contributed by atoms with E-state index >= 15 is 0 Å². The molecule has 1 spiro atoms. The summed E-state index contributed by atoms with van der Waals surface area (Å²) >= 11 is 0. The van der Waals surface area contributed by atoms with E-state index in [0.29, 0.717) is 12.0 Å². The van der Waals surface area contributed by atoms with Crippen molar-refractivity contribution in [3.05, 3.63) is 175 Å². The van der Waals surface area contributed by atoms with Gasteiger partial charge in [-0.25, -0.2) is 0 Å². The lowest BCUT2D eigenvalue weighted by Gasteiger charge is -2.32. The van der Waals surface area contributed by atoms with Crippen LogP contribution in [0.3, 0.4) is 0 Å². The zero-order valence-electron chi connectivity index (χ0n) is 25.8. The second kappa shape index (κ2) is 9.14. The Morgan fingerprint density at radius 2 is 1.15 bits per heavy atom. The number of hydrogen-bond donors (Lipinski definition) is 0. The van der Waals surface area contributed by atoms with Crippen LogP contribution in [0, 0.1) is 0 Å². The molecular weight excluding hydrogens is 571 g/mol.